The van der Waals surface area contributed by atoms with E-state index in [9.17, 15) is 0 Å². The molecule has 0 bridgehead atoms. The molecule has 1 heterocycles. The number of anilines is 1. The predicted octanol–water partition coefficient (Wildman–Crippen LogP) is 3.47. The molecule has 3 nitrogen and oxygen atoms in total. The van der Waals surface area contributed by atoms with Gasteiger partial charge < -0.3 is 0 Å². The lowest BCUT2D eigenvalue weighted by molar-refractivity contribution is 0.665. The molecule has 1 fully saturated rings. The van der Waals surface area contributed by atoms with Gasteiger partial charge >= 0.3 is 0 Å². The summed E-state index contributed by atoms with van der Waals surface area (Å²) in [6, 6.07) is 3.72. The molecule has 0 aliphatic heterocycles. The summed E-state index contributed by atoms with van der Waals surface area (Å²) in [6.45, 7) is 0. The van der Waals surface area contributed by atoms with Crippen molar-refractivity contribution in [3.05, 3.63) is 23.5 Å². The zero-order valence-electron chi connectivity index (χ0n) is 8.54. The maximum atomic E-state index is 5.90. The number of halogens is 1. The number of rotatable bonds is 2. The second kappa shape index (κ2) is 5.12. The lowest BCUT2D eigenvalue weighted by Gasteiger charge is -2.12. The van der Waals surface area contributed by atoms with E-state index in [1.807, 2.05) is 12.1 Å². The lowest BCUT2D eigenvalue weighted by Crippen LogP contribution is -2.07. The molecule has 80 valence electrons. The first-order valence-corrected chi connectivity index (χ1v) is 5.66. The quantitative estimate of drug-likeness (QED) is 0.616. The molecule has 1 aromatic rings. The highest BCUT2D eigenvalue weighted by molar-refractivity contribution is 6.31. The SMILES string of the molecule is Clc1ncccc1NN=C1CCCCC1. The van der Waals surface area contributed by atoms with E-state index < -0.39 is 0 Å². The van der Waals surface area contributed by atoms with Crippen LogP contribution in [0.25, 0.3) is 0 Å². The van der Waals surface area contributed by atoms with Gasteiger partial charge in [0.2, 0.25) is 0 Å². The van der Waals surface area contributed by atoms with Crippen molar-refractivity contribution < 1.29 is 0 Å². The third kappa shape index (κ3) is 2.93. The molecule has 0 amide bonds. The summed E-state index contributed by atoms with van der Waals surface area (Å²) < 4.78 is 0. The predicted molar refractivity (Wildman–Crippen MR) is 63.4 cm³/mol. The van der Waals surface area contributed by atoms with Gasteiger partial charge in [-0.1, -0.05) is 18.0 Å². The van der Waals surface area contributed by atoms with Crippen molar-refractivity contribution in [2.24, 2.45) is 5.10 Å². The Bertz CT molecular complexity index is 355. The topological polar surface area (TPSA) is 37.3 Å². The van der Waals surface area contributed by atoms with Crippen LogP contribution in [0.15, 0.2) is 23.4 Å². The average molecular weight is 224 g/mol. The molecule has 0 aromatic carbocycles. The summed E-state index contributed by atoms with van der Waals surface area (Å²) in [5.41, 5.74) is 4.99. The summed E-state index contributed by atoms with van der Waals surface area (Å²) >= 11 is 5.90. The van der Waals surface area contributed by atoms with Crippen molar-refractivity contribution >= 4 is 23.0 Å². The Kier molecular flexibility index (Phi) is 3.56. The molecule has 1 N–H and O–H groups in total. The molecule has 1 aromatic heterocycles. The van der Waals surface area contributed by atoms with Crippen molar-refractivity contribution in [2.45, 2.75) is 32.1 Å². The van der Waals surface area contributed by atoms with Gasteiger partial charge in [-0.15, -0.1) is 0 Å². The minimum Gasteiger partial charge on any atom is -0.275 e. The first kappa shape index (κ1) is 10.4. The van der Waals surface area contributed by atoms with Gasteiger partial charge in [0.05, 0.1) is 5.69 Å². The smallest absolute Gasteiger partial charge is 0.153 e. The van der Waals surface area contributed by atoms with Gasteiger partial charge in [0.1, 0.15) is 0 Å². The fourth-order valence-electron chi connectivity index (χ4n) is 1.68. The Balaban J connectivity index is 2.00. The summed E-state index contributed by atoms with van der Waals surface area (Å²) in [6.07, 6.45) is 7.70. The van der Waals surface area contributed by atoms with Crippen molar-refractivity contribution in [1.29, 1.82) is 0 Å². The Morgan fingerprint density at radius 2 is 2.07 bits per heavy atom. The molecule has 1 aliphatic rings. The Hall–Kier alpha value is -1.09. The molecule has 1 aliphatic carbocycles. The molecule has 0 saturated heterocycles. The number of pyridine rings is 1. The molecule has 2 rings (SSSR count). The van der Waals surface area contributed by atoms with Crippen LogP contribution in [0.4, 0.5) is 5.69 Å². The molecule has 0 atom stereocenters. The van der Waals surface area contributed by atoms with Crippen molar-refractivity contribution in [1.82, 2.24) is 4.98 Å². The highest BCUT2D eigenvalue weighted by Gasteiger charge is 2.06. The van der Waals surface area contributed by atoms with Gasteiger partial charge in [-0.2, -0.15) is 5.10 Å². The van der Waals surface area contributed by atoms with E-state index in [2.05, 4.69) is 15.5 Å². The van der Waals surface area contributed by atoms with Gasteiger partial charge in [0, 0.05) is 11.9 Å². The first-order valence-electron chi connectivity index (χ1n) is 5.28. The van der Waals surface area contributed by atoms with Gasteiger partial charge in [0.15, 0.2) is 5.15 Å². The van der Waals surface area contributed by atoms with Crippen LogP contribution < -0.4 is 5.43 Å². The van der Waals surface area contributed by atoms with E-state index in [0.29, 0.717) is 5.15 Å². The summed E-state index contributed by atoms with van der Waals surface area (Å²) in [5.74, 6) is 0. The Morgan fingerprint density at radius 1 is 1.27 bits per heavy atom. The molecular weight excluding hydrogens is 210 g/mol. The minimum atomic E-state index is 0.470. The number of aromatic nitrogens is 1. The minimum absolute atomic E-state index is 0.470. The van der Waals surface area contributed by atoms with E-state index in [4.69, 9.17) is 11.6 Å². The molecular formula is C11H14ClN3. The fourth-order valence-corrected chi connectivity index (χ4v) is 1.84. The van der Waals surface area contributed by atoms with Crippen LogP contribution in [0.2, 0.25) is 5.15 Å². The average Bonchev–Trinajstić information content (AvgIpc) is 2.29. The molecule has 1 saturated carbocycles. The van der Waals surface area contributed by atoms with Gasteiger partial charge in [-0.25, -0.2) is 4.98 Å². The van der Waals surface area contributed by atoms with E-state index in [1.165, 1.54) is 25.0 Å². The Morgan fingerprint density at radius 3 is 2.80 bits per heavy atom. The number of hydrogen-bond donors (Lipinski definition) is 1. The lowest BCUT2D eigenvalue weighted by atomic mass is 9.99. The van der Waals surface area contributed by atoms with Crippen LogP contribution in [0.1, 0.15) is 32.1 Å². The standard InChI is InChI=1S/C11H14ClN3/c12-11-10(7-4-8-13-11)15-14-9-5-2-1-3-6-9/h4,7-8,15H,1-3,5-6H2. The Labute approximate surface area is 94.6 Å². The van der Waals surface area contributed by atoms with Crippen LogP contribution in [0, 0.1) is 0 Å². The van der Waals surface area contributed by atoms with Crippen molar-refractivity contribution in [2.75, 3.05) is 5.43 Å². The van der Waals surface area contributed by atoms with E-state index in [1.54, 1.807) is 6.20 Å². The monoisotopic (exact) mass is 223 g/mol. The second-order valence-corrected chi connectivity index (χ2v) is 4.05. The molecule has 4 heteroatoms. The number of nitrogens with one attached hydrogen (secondary N) is 1. The van der Waals surface area contributed by atoms with Gasteiger partial charge in [-0.3, -0.25) is 5.43 Å². The van der Waals surface area contributed by atoms with E-state index >= 15 is 0 Å². The van der Waals surface area contributed by atoms with Gasteiger partial charge in [0.25, 0.3) is 0 Å². The maximum Gasteiger partial charge on any atom is 0.153 e. The number of nitrogens with zero attached hydrogens (tertiary/aromatic N) is 2. The first-order chi connectivity index (χ1) is 7.36. The molecule has 15 heavy (non-hydrogen) atoms. The maximum absolute atomic E-state index is 5.90. The zero-order chi connectivity index (χ0) is 10.5. The van der Waals surface area contributed by atoms with E-state index in [0.717, 1.165) is 18.5 Å². The number of hydrazone groups is 1. The third-order valence-corrected chi connectivity index (χ3v) is 2.83. The zero-order valence-corrected chi connectivity index (χ0v) is 9.30. The highest BCUT2D eigenvalue weighted by atomic mass is 35.5. The summed E-state index contributed by atoms with van der Waals surface area (Å²) in [4.78, 5) is 3.98. The van der Waals surface area contributed by atoms with Crippen LogP contribution in [0.3, 0.4) is 0 Å². The van der Waals surface area contributed by atoms with Crippen LogP contribution in [-0.4, -0.2) is 10.7 Å². The fraction of sp³-hybridized carbons (Fsp3) is 0.455. The summed E-state index contributed by atoms with van der Waals surface area (Å²) in [5, 5.41) is 4.83. The molecule has 0 unspecified atom stereocenters. The van der Waals surface area contributed by atoms with Crippen LogP contribution in [-0.2, 0) is 0 Å². The normalized spacial score (nSPS) is 16.2. The largest absolute Gasteiger partial charge is 0.275 e. The van der Waals surface area contributed by atoms with Crippen LogP contribution in [0.5, 0.6) is 0 Å². The number of hydrogen-bond acceptors (Lipinski definition) is 3. The van der Waals surface area contributed by atoms with E-state index in [-0.39, 0.29) is 0 Å². The van der Waals surface area contributed by atoms with Crippen LogP contribution >= 0.6 is 11.6 Å². The molecule has 0 spiro atoms. The second-order valence-electron chi connectivity index (χ2n) is 3.69. The molecule has 0 radical (unpaired) electrons. The van der Waals surface area contributed by atoms with Gasteiger partial charge in [-0.05, 0) is 37.8 Å². The van der Waals surface area contributed by atoms with Crippen molar-refractivity contribution in [3.8, 4) is 0 Å². The summed E-state index contributed by atoms with van der Waals surface area (Å²) in [7, 11) is 0. The third-order valence-electron chi connectivity index (χ3n) is 2.52. The highest BCUT2D eigenvalue weighted by Crippen LogP contribution is 2.19. The van der Waals surface area contributed by atoms with Crippen molar-refractivity contribution in [3.63, 3.8) is 0 Å².